The van der Waals surface area contributed by atoms with Crippen molar-refractivity contribution >= 4 is 23.4 Å². The summed E-state index contributed by atoms with van der Waals surface area (Å²) in [4.78, 5) is 11.7. The summed E-state index contributed by atoms with van der Waals surface area (Å²) in [6.45, 7) is 2.67. The number of nitrogens with two attached hydrogens (primary N) is 1. The molecule has 1 atom stereocenters. The molecule has 94 valence electrons. The Morgan fingerprint density at radius 1 is 1.59 bits per heavy atom. The molecule has 0 radical (unpaired) electrons. The zero-order chi connectivity index (χ0) is 12.8. The van der Waals surface area contributed by atoms with Gasteiger partial charge in [0.2, 0.25) is 0 Å². The van der Waals surface area contributed by atoms with E-state index in [4.69, 9.17) is 5.73 Å². The second kappa shape index (κ2) is 6.49. The van der Waals surface area contributed by atoms with Crippen molar-refractivity contribution in [2.24, 2.45) is 5.92 Å². The molecule has 0 heterocycles. The highest BCUT2D eigenvalue weighted by Crippen LogP contribution is 2.12. The summed E-state index contributed by atoms with van der Waals surface area (Å²) < 4.78 is 12.9. The van der Waals surface area contributed by atoms with Gasteiger partial charge in [0.15, 0.2) is 0 Å². The molecule has 1 rings (SSSR count). The molecule has 0 saturated carbocycles. The van der Waals surface area contributed by atoms with Gasteiger partial charge in [-0.25, -0.2) is 4.39 Å². The number of thioether (sulfide) groups is 1. The molecule has 0 aliphatic carbocycles. The number of nitrogens with one attached hydrogen (secondary N) is 1. The Hall–Kier alpha value is -1.23. The molecular formula is C12H17FN2OS. The van der Waals surface area contributed by atoms with Gasteiger partial charge in [-0.1, -0.05) is 6.92 Å². The van der Waals surface area contributed by atoms with E-state index in [2.05, 4.69) is 12.2 Å². The number of amides is 1. The molecule has 0 aliphatic heterocycles. The third-order valence-corrected chi connectivity index (χ3v) is 3.22. The van der Waals surface area contributed by atoms with Crippen LogP contribution in [0.2, 0.25) is 0 Å². The number of nitrogen functional groups attached to an aromatic ring is 1. The van der Waals surface area contributed by atoms with Crippen LogP contribution >= 0.6 is 11.8 Å². The smallest absolute Gasteiger partial charge is 0.251 e. The predicted molar refractivity (Wildman–Crippen MR) is 70.7 cm³/mol. The lowest BCUT2D eigenvalue weighted by atomic mass is 10.1. The van der Waals surface area contributed by atoms with E-state index in [1.807, 2.05) is 6.26 Å². The second-order valence-electron chi connectivity index (χ2n) is 4.01. The fraction of sp³-hybridized carbons (Fsp3) is 0.417. The van der Waals surface area contributed by atoms with Gasteiger partial charge >= 0.3 is 0 Å². The van der Waals surface area contributed by atoms with E-state index in [9.17, 15) is 9.18 Å². The van der Waals surface area contributed by atoms with Crippen LogP contribution in [0.5, 0.6) is 0 Å². The molecule has 1 aromatic carbocycles. The van der Waals surface area contributed by atoms with Crippen LogP contribution in [0, 0.1) is 11.7 Å². The zero-order valence-corrected chi connectivity index (χ0v) is 10.8. The molecule has 1 unspecified atom stereocenters. The molecule has 0 fully saturated rings. The summed E-state index contributed by atoms with van der Waals surface area (Å²) in [5.41, 5.74) is 5.79. The van der Waals surface area contributed by atoms with Crippen LogP contribution in [0.25, 0.3) is 0 Å². The van der Waals surface area contributed by atoms with E-state index in [-0.39, 0.29) is 11.6 Å². The maximum atomic E-state index is 12.9. The third kappa shape index (κ3) is 4.26. The number of hydrogen-bond acceptors (Lipinski definition) is 3. The normalized spacial score (nSPS) is 12.2. The van der Waals surface area contributed by atoms with E-state index in [0.717, 1.165) is 5.75 Å². The number of carbonyl (C=O) groups excluding carboxylic acids is 1. The van der Waals surface area contributed by atoms with Crippen LogP contribution in [0.1, 0.15) is 17.3 Å². The van der Waals surface area contributed by atoms with Crippen LogP contribution in [0.3, 0.4) is 0 Å². The van der Waals surface area contributed by atoms with Crippen LogP contribution in [0.4, 0.5) is 10.1 Å². The lowest BCUT2D eigenvalue weighted by Gasteiger charge is -2.11. The van der Waals surface area contributed by atoms with Crippen molar-refractivity contribution in [2.75, 3.05) is 24.3 Å². The van der Waals surface area contributed by atoms with Crippen LogP contribution < -0.4 is 11.1 Å². The van der Waals surface area contributed by atoms with E-state index < -0.39 is 5.82 Å². The van der Waals surface area contributed by atoms with Crippen molar-refractivity contribution in [3.05, 3.63) is 29.6 Å². The van der Waals surface area contributed by atoms with Gasteiger partial charge in [-0.05, 0) is 36.1 Å². The van der Waals surface area contributed by atoms with Gasteiger partial charge in [0.1, 0.15) is 5.82 Å². The van der Waals surface area contributed by atoms with Crippen molar-refractivity contribution in [1.82, 2.24) is 5.32 Å². The first-order chi connectivity index (χ1) is 8.04. The average molecular weight is 256 g/mol. The van der Waals surface area contributed by atoms with Crippen molar-refractivity contribution < 1.29 is 9.18 Å². The maximum Gasteiger partial charge on any atom is 0.251 e. The first kappa shape index (κ1) is 13.8. The summed E-state index contributed by atoms with van der Waals surface area (Å²) >= 11 is 1.74. The summed E-state index contributed by atoms with van der Waals surface area (Å²) in [5, 5.41) is 2.80. The van der Waals surface area contributed by atoms with Crippen LogP contribution in [-0.2, 0) is 0 Å². The first-order valence-corrected chi connectivity index (χ1v) is 6.76. The minimum Gasteiger partial charge on any atom is -0.396 e. The number of rotatable bonds is 5. The predicted octanol–water partition coefficient (Wildman–Crippen LogP) is 2.14. The summed E-state index contributed by atoms with van der Waals surface area (Å²) in [6.07, 6.45) is 2.03. The minimum absolute atomic E-state index is 0.00480. The standard InChI is InChI=1S/C12H17FN2OS/c1-8(7-17-2)6-15-12(16)9-3-4-10(13)11(14)5-9/h3-5,8H,6-7,14H2,1-2H3,(H,15,16). The molecule has 3 N–H and O–H groups in total. The minimum atomic E-state index is -0.502. The lowest BCUT2D eigenvalue weighted by molar-refractivity contribution is 0.0949. The van der Waals surface area contributed by atoms with Crippen LogP contribution in [-0.4, -0.2) is 24.5 Å². The number of hydrogen-bond donors (Lipinski definition) is 2. The van der Waals surface area contributed by atoms with Crippen LogP contribution in [0.15, 0.2) is 18.2 Å². The number of benzene rings is 1. The van der Waals surface area contributed by atoms with Crippen molar-refractivity contribution in [2.45, 2.75) is 6.92 Å². The van der Waals surface area contributed by atoms with Gasteiger partial charge in [-0.2, -0.15) is 11.8 Å². The molecule has 0 saturated heterocycles. The van der Waals surface area contributed by atoms with Gasteiger partial charge in [-0.3, -0.25) is 4.79 Å². The molecule has 5 heteroatoms. The van der Waals surface area contributed by atoms with E-state index >= 15 is 0 Å². The highest BCUT2D eigenvalue weighted by Gasteiger charge is 2.09. The molecule has 3 nitrogen and oxygen atoms in total. The zero-order valence-electron chi connectivity index (χ0n) is 10.00. The largest absolute Gasteiger partial charge is 0.396 e. The van der Waals surface area contributed by atoms with E-state index in [1.165, 1.54) is 18.2 Å². The van der Waals surface area contributed by atoms with Crippen molar-refractivity contribution in [3.8, 4) is 0 Å². The molecule has 0 aliphatic rings. The molecule has 1 amide bonds. The Morgan fingerprint density at radius 3 is 2.88 bits per heavy atom. The van der Waals surface area contributed by atoms with Gasteiger partial charge in [0.05, 0.1) is 5.69 Å². The molecule has 17 heavy (non-hydrogen) atoms. The monoisotopic (exact) mass is 256 g/mol. The summed E-state index contributed by atoms with van der Waals surface area (Å²) in [6, 6.07) is 3.99. The Bertz CT molecular complexity index is 398. The van der Waals surface area contributed by atoms with Crippen molar-refractivity contribution in [3.63, 3.8) is 0 Å². The quantitative estimate of drug-likeness (QED) is 0.794. The van der Waals surface area contributed by atoms with Gasteiger partial charge in [0, 0.05) is 12.1 Å². The number of halogens is 1. The molecule has 0 aromatic heterocycles. The fourth-order valence-corrected chi connectivity index (χ4v) is 2.08. The summed E-state index contributed by atoms with van der Waals surface area (Å²) in [7, 11) is 0. The van der Waals surface area contributed by atoms with Gasteiger partial charge in [0.25, 0.3) is 5.91 Å². The average Bonchev–Trinajstić information content (AvgIpc) is 2.30. The number of carbonyl (C=O) groups is 1. The fourth-order valence-electron chi connectivity index (χ4n) is 1.40. The Balaban J connectivity index is 2.55. The Morgan fingerprint density at radius 2 is 2.29 bits per heavy atom. The molecule has 0 bridgehead atoms. The van der Waals surface area contributed by atoms with E-state index in [1.54, 1.807) is 11.8 Å². The molecule has 1 aromatic rings. The molecular weight excluding hydrogens is 239 g/mol. The number of anilines is 1. The first-order valence-electron chi connectivity index (χ1n) is 5.36. The topological polar surface area (TPSA) is 55.1 Å². The van der Waals surface area contributed by atoms with E-state index in [0.29, 0.717) is 18.0 Å². The lowest BCUT2D eigenvalue weighted by Crippen LogP contribution is -2.29. The third-order valence-electron chi connectivity index (χ3n) is 2.32. The van der Waals surface area contributed by atoms with Gasteiger partial charge < -0.3 is 11.1 Å². The Labute approximate surface area is 105 Å². The summed E-state index contributed by atoms with van der Waals surface area (Å²) in [5.74, 6) is 0.681. The second-order valence-corrected chi connectivity index (χ2v) is 4.92. The highest BCUT2D eigenvalue weighted by atomic mass is 32.2. The highest BCUT2D eigenvalue weighted by molar-refractivity contribution is 7.98. The maximum absolute atomic E-state index is 12.9. The SMILES string of the molecule is CSCC(C)CNC(=O)c1ccc(F)c(N)c1. The molecule has 0 spiro atoms. The van der Waals surface area contributed by atoms with Crippen molar-refractivity contribution in [1.29, 1.82) is 0 Å². The van der Waals surface area contributed by atoms with Gasteiger partial charge in [-0.15, -0.1) is 0 Å². The Kier molecular flexibility index (Phi) is 5.28.